The molecule has 0 aromatic heterocycles. The Bertz CT molecular complexity index is 1550. The van der Waals surface area contributed by atoms with Crippen LogP contribution >= 0.6 is 15.9 Å². The number of likely N-dealkylation sites (tertiary alicyclic amines) is 1. The summed E-state index contributed by atoms with van der Waals surface area (Å²) < 4.78 is 89.5. The molecule has 2 aliphatic heterocycles. The highest BCUT2D eigenvalue weighted by molar-refractivity contribution is 9.11. The Morgan fingerprint density at radius 1 is 0.937 bits per heavy atom. The van der Waals surface area contributed by atoms with E-state index >= 15 is 0 Å². The van der Waals surface area contributed by atoms with Gasteiger partial charge in [-0.15, -0.1) is 0 Å². The molecular formula is C43H68BrF7N6O6. The van der Waals surface area contributed by atoms with Gasteiger partial charge in [0.2, 0.25) is 35.9 Å². The van der Waals surface area contributed by atoms with Crippen LogP contribution in [0.2, 0.25) is 0 Å². The first kappa shape index (κ1) is 59.0. The van der Waals surface area contributed by atoms with Crippen molar-refractivity contribution in [3.63, 3.8) is 0 Å². The molecule has 4 fully saturated rings. The molecule has 2 atom stereocenters. The molecule has 0 spiro atoms. The summed E-state index contributed by atoms with van der Waals surface area (Å²) in [5.74, 6) is -5.85. The number of carbonyl (C=O) groups excluding carboxylic acids is 6. The molecular weight excluding hydrogens is 909 g/mol. The Kier molecular flexibility index (Phi) is 26.9. The molecule has 4 aliphatic rings. The lowest BCUT2D eigenvalue weighted by molar-refractivity contribution is -0.299. The summed E-state index contributed by atoms with van der Waals surface area (Å²) in [7, 11) is 4.75. The van der Waals surface area contributed by atoms with E-state index < -0.39 is 66.8 Å². The predicted octanol–water partition coefficient (Wildman–Crippen LogP) is 7.64. The number of likely N-dealkylation sites (N-methyl/N-ethyl adjacent to an activating group) is 3. The summed E-state index contributed by atoms with van der Waals surface area (Å²) in [6, 6.07) is -0.727. The van der Waals surface area contributed by atoms with Crippen molar-refractivity contribution in [2.75, 3.05) is 60.4 Å². The third-order valence-electron chi connectivity index (χ3n) is 9.75. The highest BCUT2D eigenvalue weighted by atomic mass is 79.9. The van der Waals surface area contributed by atoms with Crippen LogP contribution in [0.15, 0.2) is 35.1 Å². The third-order valence-corrected chi connectivity index (χ3v) is 10.4. The molecule has 2 unspecified atom stereocenters. The van der Waals surface area contributed by atoms with Crippen molar-refractivity contribution in [2.45, 2.75) is 129 Å². The Labute approximate surface area is 376 Å². The molecule has 0 radical (unpaired) electrons. The highest BCUT2D eigenvalue weighted by Gasteiger charge is 2.74. The molecule has 2 saturated carbocycles. The van der Waals surface area contributed by atoms with Gasteiger partial charge >= 0.3 is 6.18 Å². The summed E-state index contributed by atoms with van der Waals surface area (Å²) in [4.78, 5) is 76.4. The van der Waals surface area contributed by atoms with Crippen LogP contribution in [0, 0.1) is 11.3 Å². The van der Waals surface area contributed by atoms with E-state index in [0.29, 0.717) is 28.8 Å². The van der Waals surface area contributed by atoms with Gasteiger partial charge in [0.1, 0.15) is 18.0 Å². The van der Waals surface area contributed by atoms with E-state index in [1.807, 2.05) is 0 Å². The molecule has 4 rings (SSSR count). The van der Waals surface area contributed by atoms with Gasteiger partial charge < -0.3 is 30.2 Å². The Balaban J connectivity index is 0.000000945. The quantitative estimate of drug-likeness (QED) is 0.153. The molecule has 20 heteroatoms. The number of hydrogen-bond donors (Lipinski definition) is 2. The third kappa shape index (κ3) is 23.5. The summed E-state index contributed by atoms with van der Waals surface area (Å²) in [6.07, 6.45) is 1.66. The van der Waals surface area contributed by atoms with Crippen LogP contribution in [-0.4, -0.2) is 140 Å². The van der Waals surface area contributed by atoms with E-state index in [9.17, 15) is 59.5 Å². The fourth-order valence-electron chi connectivity index (χ4n) is 5.92. The average Bonchev–Trinajstić information content (AvgIpc) is 4.00. The van der Waals surface area contributed by atoms with Gasteiger partial charge in [0.05, 0.1) is 26.2 Å². The number of alkyl halides is 6. The Morgan fingerprint density at radius 2 is 1.46 bits per heavy atom. The molecule has 0 aromatic carbocycles. The molecule has 0 bridgehead atoms. The van der Waals surface area contributed by atoms with Crippen LogP contribution in [0.1, 0.15) is 105 Å². The van der Waals surface area contributed by atoms with Crippen molar-refractivity contribution in [3.8, 4) is 0 Å². The minimum absolute atomic E-state index is 0.0456. The number of nitrogens with one attached hydrogen (secondary N) is 2. The normalized spacial score (nSPS) is 21.5. The lowest BCUT2D eigenvalue weighted by atomic mass is 9.64. The van der Waals surface area contributed by atoms with Gasteiger partial charge in [-0.3, -0.25) is 28.8 Å². The largest absolute Gasteiger partial charge is 0.403 e. The molecule has 12 nitrogen and oxygen atoms in total. The zero-order chi connectivity index (χ0) is 48.7. The van der Waals surface area contributed by atoms with Crippen LogP contribution in [0.3, 0.4) is 0 Å². The SMILES string of the molecule is C1CC1.C=C(F)/C=C(/C)C(=C)Br.CC(C)C.CN1CCCCCCCC(N(C)C(=O)CNC=O)C(=O)NCC(=O)N(C)CC1=O.O=C(N1CCC(F)C1)C1(C(F)(F)F)CC(F)(F)C1. The van der Waals surface area contributed by atoms with E-state index in [1.54, 1.807) is 18.9 Å². The van der Waals surface area contributed by atoms with Gasteiger partial charge in [-0.2, -0.15) is 13.2 Å². The molecule has 2 N–H and O–H groups in total. The lowest BCUT2D eigenvalue weighted by Crippen LogP contribution is -2.62. The number of halogens is 8. The maximum Gasteiger partial charge on any atom is 0.403 e. The standard InChI is InChI=1S/C19H33N5O5.C10H11F6NO.C7H8BrF.C4H10.C3H6/c1-22-10-8-6-4-5-7-9-15(24(3)17(27)11-20-14-25)19(29)21-12-16(26)23(2)13-18(22)28;11-6-1-2-17(3-6)7(18)8(10(14,15)16)4-9(12,13)5-8;1-5(7(3)8)4-6(2)9;1-4(2)3;1-2-3-1/h14-15H,4-13H2,1-3H3,(H,20,25)(H,21,29);6H,1-5H2;4H,2-3H2,1H3;4H,1-3H3;1-3H2/b;;5-4-;;. The van der Waals surface area contributed by atoms with Crippen molar-refractivity contribution in [2.24, 2.45) is 11.3 Å². The average molecular weight is 978 g/mol. The van der Waals surface area contributed by atoms with E-state index in [2.05, 4.69) is 60.5 Å². The van der Waals surface area contributed by atoms with E-state index in [4.69, 9.17) is 0 Å². The number of amides is 6. The van der Waals surface area contributed by atoms with E-state index in [1.165, 1.54) is 49.2 Å². The van der Waals surface area contributed by atoms with Gasteiger partial charge in [0.25, 0.3) is 5.92 Å². The Morgan fingerprint density at radius 3 is 1.89 bits per heavy atom. The first-order chi connectivity index (χ1) is 29.1. The molecule has 6 amide bonds. The molecule has 0 aromatic rings. The first-order valence-electron chi connectivity index (χ1n) is 21.1. The van der Waals surface area contributed by atoms with Gasteiger partial charge in [-0.25, -0.2) is 17.6 Å². The lowest BCUT2D eigenvalue weighted by Gasteiger charge is -2.47. The molecule has 2 aliphatic carbocycles. The monoisotopic (exact) mass is 976 g/mol. The molecule has 2 saturated heterocycles. The van der Waals surface area contributed by atoms with Crippen molar-refractivity contribution in [3.05, 3.63) is 35.1 Å². The minimum Gasteiger partial charge on any atom is -0.350 e. The maximum absolute atomic E-state index is 12.9. The number of allylic oxidation sites excluding steroid dienone is 4. The summed E-state index contributed by atoms with van der Waals surface area (Å²) in [6.45, 7) is 14.4. The molecule has 2 heterocycles. The zero-order valence-corrected chi connectivity index (χ0v) is 39.4. The van der Waals surface area contributed by atoms with Crippen LogP contribution in [0.25, 0.3) is 0 Å². The van der Waals surface area contributed by atoms with Gasteiger partial charge in [0, 0.05) is 51.6 Å². The number of hydrogen-bond acceptors (Lipinski definition) is 6. The first-order valence-corrected chi connectivity index (χ1v) is 21.9. The topological polar surface area (TPSA) is 139 Å². The fraction of sp³-hybridized carbons (Fsp3) is 0.721. The van der Waals surface area contributed by atoms with E-state index in [0.717, 1.165) is 43.6 Å². The van der Waals surface area contributed by atoms with Crippen molar-refractivity contribution in [1.29, 1.82) is 0 Å². The van der Waals surface area contributed by atoms with Crippen LogP contribution in [-0.2, 0) is 28.8 Å². The Hall–Kier alpha value is -3.97. The van der Waals surface area contributed by atoms with Crippen LogP contribution < -0.4 is 10.6 Å². The van der Waals surface area contributed by atoms with Crippen molar-refractivity contribution in [1.82, 2.24) is 30.2 Å². The summed E-state index contributed by atoms with van der Waals surface area (Å²) in [5.41, 5.74) is -2.27. The van der Waals surface area contributed by atoms with Crippen molar-refractivity contribution >= 4 is 51.9 Å². The summed E-state index contributed by atoms with van der Waals surface area (Å²) in [5, 5.41) is 4.87. The van der Waals surface area contributed by atoms with Crippen molar-refractivity contribution < 1.29 is 59.5 Å². The second-order valence-corrected chi connectivity index (χ2v) is 17.7. The molecule has 362 valence electrons. The van der Waals surface area contributed by atoms with E-state index in [-0.39, 0.29) is 50.3 Å². The smallest absolute Gasteiger partial charge is 0.350 e. The fourth-order valence-corrected chi connectivity index (χ4v) is 6.03. The van der Waals surface area contributed by atoms with Gasteiger partial charge in [-0.05, 0) is 43.8 Å². The minimum atomic E-state index is -5.03. The number of carbonyl (C=O) groups is 6. The summed E-state index contributed by atoms with van der Waals surface area (Å²) >= 11 is 3.10. The highest BCUT2D eigenvalue weighted by Crippen LogP contribution is 2.61. The van der Waals surface area contributed by atoms with Gasteiger partial charge in [-0.1, -0.05) is 94.8 Å². The number of rotatable bonds is 7. The maximum atomic E-state index is 12.9. The molecule has 63 heavy (non-hydrogen) atoms. The second kappa shape index (κ2) is 28.7. The van der Waals surface area contributed by atoms with Gasteiger partial charge in [0.15, 0.2) is 5.41 Å². The predicted molar refractivity (Wildman–Crippen MR) is 232 cm³/mol. The zero-order valence-electron chi connectivity index (χ0n) is 37.8. The van der Waals surface area contributed by atoms with Crippen LogP contribution in [0.5, 0.6) is 0 Å². The number of nitrogens with zero attached hydrogens (tertiary/aromatic N) is 4. The van der Waals surface area contributed by atoms with Crippen LogP contribution in [0.4, 0.5) is 30.7 Å². The second-order valence-electron chi connectivity index (χ2n) is 16.8.